The van der Waals surface area contributed by atoms with Crippen LogP contribution in [0.15, 0.2) is 11.6 Å². The van der Waals surface area contributed by atoms with Gasteiger partial charge >= 0.3 is 6.09 Å². The van der Waals surface area contributed by atoms with E-state index in [1.165, 1.54) is 19.1 Å². The van der Waals surface area contributed by atoms with E-state index in [1.54, 1.807) is 6.92 Å². The van der Waals surface area contributed by atoms with Crippen LogP contribution < -0.4 is 0 Å². The van der Waals surface area contributed by atoms with Crippen molar-refractivity contribution in [3.63, 3.8) is 0 Å². The summed E-state index contributed by atoms with van der Waals surface area (Å²) in [5, 5.41) is 1.14. The van der Waals surface area contributed by atoms with Crippen LogP contribution in [-0.4, -0.2) is 55.8 Å². The van der Waals surface area contributed by atoms with E-state index in [0.717, 1.165) is 5.06 Å². The molecule has 1 rings (SSSR count). The fourth-order valence-corrected chi connectivity index (χ4v) is 1.55. The van der Waals surface area contributed by atoms with Gasteiger partial charge in [0.05, 0.1) is 20.3 Å². The van der Waals surface area contributed by atoms with Gasteiger partial charge in [-0.2, -0.15) is 0 Å². The first-order chi connectivity index (χ1) is 8.10. The highest BCUT2D eigenvalue weighted by molar-refractivity contribution is 5.93. The predicted octanol–water partition coefficient (Wildman–Crippen LogP) is 0.795. The number of carbonyl (C=O) groups is 2. The van der Waals surface area contributed by atoms with Crippen LogP contribution in [0.2, 0.25) is 0 Å². The molecule has 0 saturated carbocycles. The van der Waals surface area contributed by atoms with Crippen molar-refractivity contribution < 1.29 is 19.2 Å². The largest absolute Gasteiger partial charge is 0.450 e. The molecule has 0 radical (unpaired) electrons. The molecule has 6 heteroatoms. The third-order valence-corrected chi connectivity index (χ3v) is 2.51. The summed E-state index contributed by atoms with van der Waals surface area (Å²) in [6.07, 6.45) is 2.09. The van der Waals surface area contributed by atoms with Crippen LogP contribution in [0.3, 0.4) is 0 Å². The second kappa shape index (κ2) is 6.24. The Morgan fingerprint density at radius 3 is 2.82 bits per heavy atom. The molecule has 1 aliphatic heterocycles. The summed E-state index contributed by atoms with van der Waals surface area (Å²) in [4.78, 5) is 29.7. The summed E-state index contributed by atoms with van der Waals surface area (Å²) in [5.41, 5.74) is 0.550. The van der Waals surface area contributed by atoms with E-state index in [9.17, 15) is 9.59 Å². The van der Waals surface area contributed by atoms with E-state index in [1.807, 2.05) is 6.08 Å². The van der Waals surface area contributed by atoms with E-state index in [0.29, 0.717) is 25.1 Å². The molecule has 2 amide bonds. The molecule has 0 unspecified atom stereocenters. The Kier molecular flexibility index (Phi) is 4.96. The summed E-state index contributed by atoms with van der Waals surface area (Å²) >= 11 is 0. The number of nitrogens with zero attached hydrogens (tertiary/aromatic N) is 2. The van der Waals surface area contributed by atoms with Gasteiger partial charge in [0.2, 0.25) is 0 Å². The lowest BCUT2D eigenvalue weighted by atomic mass is 10.1. The fourth-order valence-electron chi connectivity index (χ4n) is 1.55. The van der Waals surface area contributed by atoms with Crippen LogP contribution in [-0.2, 0) is 14.4 Å². The van der Waals surface area contributed by atoms with Gasteiger partial charge in [0, 0.05) is 19.2 Å². The average Bonchev–Trinajstić information content (AvgIpc) is 2.37. The molecule has 0 aliphatic carbocycles. The standard InChI is InChI=1S/C11H18N2O4/c1-4-17-11(15)13-7-5-6-9(8-13)10(14)12(2)16-3/h6H,4-5,7-8H2,1-3H3. The van der Waals surface area contributed by atoms with Gasteiger partial charge < -0.3 is 9.64 Å². The average molecular weight is 242 g/mol. The Morgan fingerprint density at radius 2 is 2.24 bits per heavy atom. The minimum absolute atomic E-state index is 0.235. The number of amides is 2. The summed E-state index contributed by atoms with van der Waals surface area (Å²) in [6.45, 7) is 2.93. The molecule has 96 valence electrons. The third-order valence-electron chi connectivity index (χ3n) is 2.51. The number of likely N-dealkylation sites (N-methyl/N-ethyl adjacent to an activating group) is 1. The lowest BCUT2D eigenvalue weighted by Crippen LogP contribution is -2.40. The van der Waals surface area contributed by atoms with Gasteiger partial charge in [-0.15, -0.1) is 0 Å². The Labute approximate surface area is 101 Å². The monoisotopic (exact) mass is 242 g/mol. The van der Waals surface area contributed by atoms with E-state index >= 15 is 0 Å². The Bertz CT molecular complexity index is 327. The number of rotatable bonds is 3. The lowest BCUT2D eigenvalue weighted by Gasteiger charge is -2.27. The van der Waals surface area contributed by atoms with Crippen LogP contribution >= 0.6 is 0 Å². The van der Waals surface area contributed by atoms with Crippen molar-refractivity contribution in [2.75, 3.05) is 33.9 Å². The van der Waals surface area contributed by atoms with Crippen LogP contribution in [0.25, 0.3) is 0 Å². The maximum absolute atomic E-state index is 11.8. The summed E-state index contributed by atoms with van der Waals surface area (Å²) in [6, 6.07) is 0. The van der Waals surface area contributed by atoms with Gasteiger partial charge in [0.1, 0.15) is 0 Å². The van der Waals surface area contributed by atoms with Crippen LogP contribution in [0.1, 0.15) is 13.3 Å². The van der Waals surface area contributed by atoms with Gasteiger partial charge in [-0.3, -0.25) is 9.63 Å². The molecule has 0 fully saturated rings. The third kappa shape index (κ3) is 3.45. The number of hydroxylamine groups is 2. The van der Waals surface area contributed by atoms with E-state index in [2.05, 4.69) is 0 Å². The predicted molar refractivity (Wildman–Crippen MR) is 61.1 cm³/mol. The highest BCUT2D eigenvalue weighted by Gasteiger charge is 2.24. The Balaban J connectivity index is 2.62. The summed E-state index contributed by atoms with van der Waals surface area (Å²) in [7, 11) is 2.96. The minimum atomic E-state index is -0.383. The molecule has 1 heterocycles. The molecule has 0 aromatic heterocycles. The molecule has 0 saturated heterocycles. The van der Waals surface area contributed by atoms with E-state index in [-0.39, 0.29) is 18.5 Å². The van der Waals surface area contributed by atoms with Gasteiger partial charge in [-0.25, -0.2) is 9.86 Å². The number of hydrogen-bond donors (Lipinski definition) is 0. The molecular weight excluding hydrogens is 224 g/mol. The maximum atomic E-state index is 11.8. The van der Waals surface area contributed by atoms with Gasteiger partial charge in [-0.1, -0.05) is 6.08 Å². The van der Waals surface area contributed by atoms with Crippen molar-refractivity contribution in [2.24, 2.45) is 0 Å². The van der Waals surface area contributed by atoms with Crippen molar-refractivity contribution in [2.45, 2.75) is 13.3 Å². The van der Waals surface area contributed by atoms with Gasteiger partial charge in [-0.05, 0) is 13.3 Å². The highest BCUT2D eigenvalue weighted by Crippen LogP contribution is 2.13. The Hall–Kier alpha value is -1.56. The maximum Gasteiger partial charge on any atom is 0.410 e. The highest BCUT2D eigenvalue weighted by atomic mass is 16.7. The zero-order valence-electron chi connectivity index (χ0n) is 10.4. The first kappa shape index (κ1) is 13.5. The van der Waals surface area contributed by atoms with E-state index in [4.69, 9.17) is 9.57 Å². The van der Waals surface area contributed by atoms with E-state index < -0.39 is 0 Å². The van der Waals surface area contributed by atoms with Crippen molar-refractivity contribution in [3.05, 3.63) is 11.6 Å². The molecule has 0 N–H and O–H groups in total. The number of hydrogen-bond acceptors (Lipinski definition) is 4. The first-order valence-corrected chi connectivity index (χ1v) is 5.53. The molecular formula is C11H18N2O4. The zero-order valence-corrected chi connectivity index (χ0v) is 10.4. The van der Waals surface area contributed by atoms with Gasteiger partial charge in [0.25, 0.3) is 5.91 Å². The van der Waals surface area contributed by atoms with Crippen molar-refractivity contribution in [1.82, 2.24) is 9.96 Å². The van der Waals surface area contributed by atoms with Crippen molar-refractivity contribution in [1.29, 1.82) is 0 Å². The smallest absolute Gasteiger partial charge is 0.410 e. The fraction of sp³-hybridized carbons (Fsp3) is 0.636. The van der Waals surface area contributed by atoms with Crippen LogP contribution in [0.4, 0.5) is 4.79 Å². The Morgan fingerprint density at radius 1 is 1.53 bits per heavy atom. The molecule has 6 nitrogen and oxygen atoms in total. The SMILES string of the molecule is CCOC(=O)N1CCC=C(C(=O)N(C)OC)C1. The van der Waals surface area contributed by atoms with Crippen molar-refractivity contribution in [3.8, 4) is 0 Å². The second-order valence-corrected chi connectivity index (χ2v) is 3.62. The summed E-state index contributed by atoms with van der Waals surface area (Å²) in [5.74, 6) is -0.235. The molecule has 0 atom stereocenters. The van der Waals surface area contributed by atoms with Gasteiger partial charge in [0.15, 0.2) is 0 Å². The summed E-state index contributed by atoms with van der Waals surface area (Å²) < 4.78 is 4.90. The van der Waals surface area contributed by atoms with Crippen LogP contribution in [0, 0.1) is 0 Å². The molecule has 0 bridgehead atoms. The molecule has 17 heavy (non-hydrogen) atoms. The minimum Gasteiger partial charge on any atom is -0.450 e. The van der Waals surface area contributed by atoms with Crippen molar-refractivity contribution >= 4 is 12.0 Å². The molecule has 0 spiro atoms. The zero-order chi connectivity index (χ0) is 12.8. The first-order valence-electron chi connectivity index (χ1n) is 5.53. The number of ether oxygens (including phenoxy) is 1. The second-order valence-electron chi connectivity index (χ2n) is 3.62. The molecule has 0 aromatic carbocycles. The molecule has 0 aromatic rings. The molecule has 1 aliphatic rings. The quantitative estimate of drug-likeness (QED) is 0.687. The normalized spacial score (nSPS) is 15.2. The lowest BCUT2D eigenvalue weighted by molar-refractivity contribution is -0.164. The topological polar surface area (TPSA) is 59.1 Å². The number of carbonyl (C=O) groups excluding carboxylic acids is 2. The van der Waals surface area contributed by atoms with Crippen LogP contribution in [0.5, 0.6) is 0 Å².